The second-order valence-corrected chi connectivity index (χ2v) is 9.20. The number of likely N-dealkylation sites (N-methyl/N-ethyl adjacent to an activating group) is 1. The molecule has 5 nitrogen and oxygen atoms in total. The summed E-state index contributed by atoms with van der Waals surface area (Å²) in [6, 6.07) is 17.2. The molecular formula is C28H32N4O. The highest BCUT2D eigenvalue weighted by Gasteiger charge is 2.16. The standard InChI is InChI=1S/C28H32N4O/c1-4-21-5-7-22(8-6-21)18-32-19-25-16-24(15-20(2)27(25)28(32)33)23-9-10-26(29-17-23)31-13-11-30(3)12-14-31/h5-10,15-17,19,33H,4,11-14,18H2,1-3H3. The minimum atomic E-state index is 0.331. The predicted molar refractivity (Wildman–Crippen MR) is 136 cm³/mol. The Morgan fingerprint density at radius 3 is 2.30 bits per heavy atom. The normalized spacial score (nSPS) is 14.8. The maximum absolute atomic E-state index is 10.9. The largest absolute Gasteiger partial charge is 0.494 e. The average molecular weight is 441 g/mol. The zero-order chi connectivity index (χ0) is 22.9. The monoisotopic (exact) mass is 440 g/mol. The van der Waals surface area contributed by atoms with Gasteiger partial charge in [-0.3, -0.25) is 0 Å². The number of pyridine rings is 1. The van der Waals surface area contributed by atoms with E-state index in [0.29, 0.717) is 12.4 Å². The molecule has 0 spiro atoms. The van der Waals surface area contributed by atoms with Crippen molar-refractivity contribution in [1.82, 2.24) is 14.5 Å². The highest BCUT2D eigenvalue weighted by Crippen LogP contribution is 2.35. The third-order valence-corrected chi connectivity index (χ3v) is 6.85. The second-order valence-electron chi connectivity index (χ2n) is 9.20. The number of hydrogen-bond donors (Lipinski definition) is 1. The van der Waals surface area contributed by atoms with Crippen LogP contribution < -0.4 is 4.90 Å². The molecule has 170 valence electrons. The highest BCUT2D eigenvalue weighted by atomic mass is 16.3. The number of hydrogen-bond acceptors (Lipinski definition) is 4. The third kappa shape index (κ3) is 4.33. The van der Waals surface area contributed by atoms with Crippen molar-refractivity contribution in [2.45, 2.75) is 26.8 Å². The molecule has 2 aromatic heterocycles. The van der Waals surface area contributed by atoms with Crippen LogP contribution >= 0.6 is 0 Å². The first-order valence-corrected chi connectivity index (χ1v) is 11.8. The Hall–Kier alpha value is -3.31. The molecule has 0 bridgehead atoms. The van der Waals surface area contributed by atoms with Crippen LogP contribution in [-0.4, -0.2) is 52.8 Å². The number of anilines is 1. The van der Waals surface area contributed by atoms with Gasteiger partial charge in [0.2, 0.25) is 0 Å². The summed E-state index contributed by atoms with van der Waals surface area (Å²) in [6.45, 7) is 9.06. The van der Waals surface area contributed by atoms with Gasteiger partial charge >= 0.3 is 0 Å². The molecule has 0 unspecified atom stereocenters. The lowest BCUT2D eigenvalue weighted by Crippen LogP contribution is -2.44. The van der Waals surface area contributed by atoms with E-state index in [1.54, 1.807) is 0 Å². The van der Waals surface area contributed by atoms with Crippen molar-refractivity contribution in [2.75, 3.05) is 38.1 Å². The van der Waals surface area contributed by atoms with Gasteiger partial charge in [-0.05, 0) is 60.8 Å². The SMILES string of the molecule is CCc1ccc(Cn2cc3cc(-c4ccc(N5CCN(C)CC5)nc4)cc(C)c3c2O)cc1. The molecule has 0 aliphatic carbocycles. The van der Waals surface area contributed by atoms with Crippen LogP contribution in [0.3, 0.4) is 0 Å². The smallest absolute Gasteiger partial charge is 0.199 e. The van der Waals surface area contributed by atoms with Crippen molar-refractivity contribution in [2.24, 2.45) is 0 Å². The zero-order valence-corrected chi connectivity index (χ0v) is 19.8. The Bertz CT molecular complexity index is 1250. The van der Waals surface area contributed by atoms with Gasteiger partial charge in [-0.2, -0.15) is 0 Å². The molecule has 0 radical (unpaired) electrons. The molecule has 2 aromatic carbocycles. The molecule has 0 atom stereocenters. The first kappa shape index (κ1) is 21.5. The molecule has 5 heteroatoms. The van der Waals surface area contributed by atoms with E-state index < -0.39 is 0 Å². The van der Waals surface area contributed by atoms with Crippen LogP contribution in [0.4, 0.5) is 5.82 Å². The molecule has 1 aliphatic heterocycles. The van der Waals surface area contributed by atoms with E-state index in [2.05, 4.69) is 85.4 Å². The van der Waals surface area contributed by atoms with E-state index in [0.717, 1.165) is 65.9 Å². The molecule has 1 fully saturated rings. The molecule has 1 aliphatic rings. The van der Waals surface area contributed by atoms with Crippen molar-refractivity contribution in [1.29, 1.82) is 0 Å². The number of fused-ring (bicyclic) bond motifs is 1. The Labute approximate surface area is 195 Å². The molecule has 4 aromatic rings. The minimum absolute atomic E-state index is 0.331. The van der Waals surface area contributed by atoms with Crippen LogP contribution in [0.5, 0.6) is 5.88 Å². The van der Waals surface area contributed by atoms with Gasteiger partial charge in [0.15, 0.2) is 5.88 Å². The van der Waals surface area contributed by atoms with Gasteiger partial charge in [0.1, 0.15) is 5.82 Å². The van der Waals surface area contributed by atoms with Gasteiger partial charge in [-0.1, -0.05) is 37.3 Å². The lowest BCUT2D eigenvalue weighted by Gasteiger charge is -2.33. The summed E-state index contributed by atoms with van der Waals surface area (Å²) in [4.78, 5) is 9.46. The Balaban J connectivity index is 1.41. The molecule has 3 heterocycles. The summed E-state index contributed by atoms with van der Waals surface area (Å²) in [5, 5.41) is 12.9. The number of nitrogens with zero attached hydrogens (tertiary/aromatic N) is 4. The van der Waals surface area contributed by atoms with E-state index in [1.807, 2.05) is 10.8 Å². The van der Waals surface area contributed by atoms with Gasteiger partial charge < -0.3 is 19.5 Å². The number of rotatable bonds is 5. The maximum atomic E-state index is 10.9. The zero-order valence-electron chi connectivity index (χ0n) is 19.8. The average Bonchev–Trinajstić information content (AvgIpc) is 3.15. The minimum Gasteiger partial charge on any atom is -0.494 e. The van der Waals surface area contributed by atoms with E-state index >= 15 is 0 Å². The number of aromatic hydroxyl groups is 1. The third-order valence-electron chi connectivity index (χ3n) is 6.85. The fourth-order valence-corrected chi connectivity index (χ4v) is 4.74. The predicted octanol–water partition coefficient (Wildman–Crippen LogP) is 5.08. The quantitative estimate of drug-likeness (QED) is 0.470. The number of aryl methyl sites for hydroxylation is 2. The van der Waals surface area contributed by atoms with Gasteiger partial charge in [0, 0.05) is 54.9 Å². The van der Waals surface area contributed by atoms with E-state index in [-0.39, 0.29) is 0 Å². The number of piperazine rings is 1. The van der Waals surface area contributed by atoms with Crippen molar-refractivity contribution in [3.05, 3.63) is 77.6 Å². The lowest BCUT2D eigenvalue weighted by molar-refractivity contribution is 0.312. The van der Waals surface area contributed by atoms with Crippen LogP contribution in [0.1, 0.15) is 23.6 Å². The van der Waals surface area contributed by atoms with E-state index in [9.17, 15) is 5.11 Å². The number of benzene rings is 2. The summed E-state index contributed by atoms with van der Waals surface area (Å²) >= 11 is 0. The van der Waals surface area contributed by atoms with Crippen LogP contribution in [-0.2, 0) is 13.0 Å². The first-order chi connectivity index (χ1) is 16.0. The van der Waals surface area contributed by atoms with Crippen molar-refractivity contribution in [3.63, 3.8) is 0 Å². The molecule has 33 heavy (non-hydrogen) atoms. The topological polar surface area (TPSA) is 44.5 Å². The maximum Gasteiger partial charge on any atom is 0.199 e. The number of aromatic nitrogens is 2. The molecule has 0 saturated carbocycles. The summed E-state index contributed by atoms with van der Waals surface area (Å²) < 4.78 is 1.94. The van der Waals surface area contributed by atoms with E-state index in [4.69, 9.17) is 4.98 Å². The second kappa shape index (κ2) is 8.91. The molecule has 5 rings (SSSR count). The fraction of sp³-hybridized carbons (Fsp3) is 0.321. The van der Waals surface area contributed by atoms with Crippen molar-refractivity contribution in [3.8, 4) is 17.0 Å². The highest BCUT2D eigenvalue weighted by molar-refractivity contribution is 5.94. The summed E-state index contributed by atoms with van der Waals surface area (Å²) in [6.07, 6.45) is 5.06. The first-order valence-electron chi connectivity index (χ1n) is 11.8. The van der Waals surface area contributed by atoms with Crippen LogP contribution in [0, 0.1) is 6.92 Å². The summed E-state index contributed by atoms with van der Waals surface area (Å²) in [5.41, 5.74) is 5.81. The van der Waals surface area contributed by atoms with Gasteiger partial charge in [-0.25, -0.2) is 4.98 Å². The van der Waals surface area contributed by atoms with Crippen molar-refractivity contribution < 1.29 is 5.11 Å². The molecule has 1 N–H and O–H groups in total. The summed E-state index contributed by atoms with van der Waals surface area (Å²) in [7, 11) is 2.17. The summed E-state index contributed by atoms with van der Waals surface area (Å²) in [5.74, 6) is 1.37. The van der Waals surface area contributed by atoms with Crippen LogP contribution in [0.25, 0.3) is 21.9 Å². The van der Waals surface area contributed by atoms with Gasteiger partial charge in [0.25, 0.3) is 0 Å². The molecular weight excluding hydrogens is 408 g/mol. The molecule has 0 amide bonds. The van der Waals surface area contributed by atoms with Crippen molar-refractivity contribution >= 4 is 16.6 Å². The van der Waals surface area contributed by atoms with Crippen LogP contribution in [0.15, 0.2) is 60.9 Å². The van der Waals surface area contributed by atoms with Gasteiger partial charge in [-0.15, -0.1) is 0 Å². The lowest BCUT2D eigenvalue weighted by atomic mass is 10.0. The Morgan fingerprint density at radius 2 is 1.64 bits per heavy atom. The molecule has 1 saturated heterocycles. The fourth-order valence-electron chi connectivity index (χ4n) is 4.74. The Morgan fingerprint density at radius 1 is 0.909 bits per heavy atom. The van der Waals surface area contributed by atoms with Gasteiger partial charge in [0.05, 0.1) is 6.54 Å². The van der Waals surface area contributed by atoms with E-state index in [1.165, 1.54) is 11.1 Å². The van der Waals surface area contributed by atoms with Crippen LogP contribution in [0.2, 0.25) is 0 Å². The Kier molecular flexibility index (Phi) is 5.81.